The summed E-state index contributed by atoms with van der Waals surface area (Å²) in [4.78, 5) is 12.5. The fourth-order valence-corrected chi connectivity index (χ4v) is 4.96. The van der Waals surface area contributed by atoms with Crippen LogP contribution in [0.3, 0.4) is 0 Å². The number of rotatable bonds is 4. The van der Waals surface area contributed by atoms with Crippen LogP contribution in [-0.4, -0.2) is 23.0 Å². The summed E-state index contributed by atoms with van der Waals surface area (Å²) >= 11 is 0. The molecule has 2 fully saturated rings. The minimum Gasteiger partial charge on any atom is -0.444 e. The first-order chi connectivity index (χ1) is 15.7. The predicted molar refractivity (Wildman–Crippen MR) is 126 cm³/mol. The Morgan fingerprint density at radius 3 is 2.33 bits per heavy atom. The smallest absolute Gasteiger partial charge is 0.408 e. The number of hydrogen-bond acceptors (Lipinski definition) is 5. The fraction of sp³-hybridized carbons (Fsp3) is 0.481. The first kappa shape index (κ1) is 23.3. The van der Waals surface area contributed by atoms with Gasteiger partial charge in [0, 0.05) is 12.0 Å². The average molecular weight is 448 g/mol. The molecule has 1 saturated carbocycles. The van der Waals surface area contributed by atoms with Gasteiger partial charge in [0.1, 0.15) is 11.8 Å². The van der Waals surface area contributed by atoms with Gasteiger partial charge in [-0.25, -0.2) is 4.79 Å². The van der Waals surface area contributed by atoms with E-state index in [9.17, 15) is 15.2 Å². The van der Waals surface area contributed by atoms with Gasteiger partial charge in [-0.15, -0.1) is 0 Å². The summed E-state index contributed by atoms with van der Waals surface area (Å²) in [6.45, 7) is 5.58. The Labute approximate surface area is 196 Å². The van der Waals surface area contributed by atoms with Crippen molar-refractivity contribution in [3.63, 3.8) is 0 Å². The van der Waals surface area contributed by atoms with Gasteiger partial charge in [0.25, 0.3) is 0 Å². The number of nitriles is 1. The molecule has 2 aliphatic rings. The van der Waals surface area contributed by atoms with Crippen LogP contribution in [0.1, 0.15) is 75.1 Å². The molecule has 174 valence electrons. The third-order valence-electron chi connectivity index (χ3n) is 6.80. The second-order valence-corrected chi connectivity index (χ2v) is 10.3. The highest BCUT2D eigenvalue weighted by molar-refractivity contribution is 5.69. The maximum atomic E-state index is 12.5. The number of amides is 1. The predicted octanol–water partition coefficient (Wildman–Crippen LogP) is 4.87. The number of aliphatic hydroxyl groups excluding tert-OH is 1. The van der Waals surface area contributed by atoms with Crippen molar-refractivity contribution in [2.45, 2.75) is 75.8 Å². The molecule has 0 aromatic heterocycles. The lowest BCUT2D eigenvalue weighted by Gasteiger charge is -2.43. The second-order valence-electron chi connectivity index (χ2n) is 10.3. The van der Waals surface area contributed by atoms with Crippen LogP contribution in [0.4, 0.5) is 4.79 Å². The fourth-order valence-electron chi connectivity index (χ4n) is 4.96. The van der Waals surface area contributed by atoms with E-state index < -0.39 is 29.4 Å². The Balaban J connectivity index is 1.57. The Morgan fingerprint density at radius 2 is 1.79 bits per heavy atom. The number of carbonyl (C=O) groups is 1. The second kappa shape index (κ2) is 9.17. The van der Waals surface area contributed by atoms with Crippen LogP contribution >= 0.6 is 0 Å². The van der Waals surface area contributed by atoms with E-state index in [-0.39, 0.29) is 12.0 Å². The van der Waals surface area contributed by atoms with Crippen LogP contribution < -0.4 is 10.6 Å². The summed E-state index contributed by atoms with van der Waals surface area (Å²) in [6.07, 6.45) is 2.14. The lowest BCUT2D eigenvalue weighted by molar-refractivity contribution is 0.0375. The largest absolute Gasteiger partial charge is 0.444 e. The average Bonchev–Trinajstić information content (AvgIpc) is 2.75. The van der Waals surface area contributed by atoms with Gasteiger partial charge >= 0.3 is 6.09 Å². The van der Waals surface area contributed by atoms with E-state index in [0.29, 0.717) is 6.42 Å². The van der Waals surface area contributed by atoms with Gasteiger partial charge in [-0.3, -0.25) is 5.32 Å². The van der Waals surface area contributed by atoms with Gasteiger partial charge in [0.15, 0.2) is 0 Å². The standard InChI is InChI=1S/C27H33N3O3/c1-26(2,3)33-25(32)30-27(14-7-15-27)21-12-10-19(11-13-21)23-22(18-8-5-4-6-9-18)16-20(17-28)24(31)29-23/h4-6,8-13,20,22-24,29,31H,7,14-16H2,1-3H3,(H,30,32). The lowest BCUT2D eigenvalue weighted by Crippen LogP contribution is -2.52. The van der Waals surface area contributed by atoms with E-state index >= 15 is 0 Å². The van der Waals surface area contributed by atoms with E-state index in [2.05, 4.69) is 53.1 Å². The summed E-state index contributed by atoms with van der Waals surface area (Å²) in [5, 5.41) is 26.4. The van der Waals surface area contributed by atoms with Crippen LogP contribution in [0.2, 0.25) is 0 Å². The van der Waals surface area contributed by atoms with Crippen molar-refractivity contribution in [2.24, 2.45) is 5.92 Å². The van der Waals surface area contributed by atoms with Gasteiger partial charge in [0.05, 0.1) is 17.5 Å². The molecule has 0 spiro atoms. The van der Waals surface area contributed by atoms with Gasteiger partial charge < -0.3 is 15.2 Å². The Morgan fingerprint density at radius 1 is 1.12 bits per heavy atom. The summed E-state index contributed by atoms with van der Waals surface area (Å²) in [7, 11) is 0. The molecule has 6 nitrogen and oxygen atoms in total. The molecule has 1 heterocycles. The molecular weight excluding hydrogens is 414 g/mol. The summed E-state index contributed by atoms with van der Waals surface area (Å²) in [6, 6.07) is 20.5. The number of alkyl carbamates (subject to hydrolysis) is 1. The zero-order valence-electron chi connectivity index (χ0n) is 19.5. The summed E-state index contributed by atoms with van der Waals surface area (Å²) < 4.78 is 5.49. The molecule has 1 aliphatic heterocycles. The van der Waals surface area contributed by atoms with Crippen LogP contribution in [0.25, 0.3) is 0 Å². The number of carbonyl (C=O) groups excluding carboxylic acids is 1. The minimum atomic E-state index is -0.869. The molecule has 33 heavy (non-hydrogen) atoms. The molecular formula is C27H33N3O3. The Bertz CT molecular complexity index is 1000. The van der Waals surface area contributed by atoms with Gasteiger partial charge in [-0.2, -0.15) is 5.26 Å². The van der Waals surface area contributed by atoms with Crippen molar-refractivity contribution in [3.05, 3.63) is 71.3 Å². The van der Waals surface area contributed by atoms with Gasteiger partial charge in [-0.05, 0) is 63.1 Å². The molecule has 2 aromatic carbocycles. The van der Waals surface area contributed by atoms with Crippen molar-refractivity contribution < 1.29 is 14.6 Å². The Kier molecular flexibility index (Phi) is 6.47. The normalized spacial score (nSPS) is 26.5. The van der Waals surface area contributed by atoms with Crippen molar-refractivity contribution in [1.29, 1.82) is 5.26 Å². The van der Waals surface area contributed by atoms with E-state index in [1.165, 1.54) is 0 Å². The molecule has 4 unspecified atom stereocenters. The molecule has 1 saturated heterocycles. The monoisotopic (exact) mass is 447 g/mol. The molecule has 0 bridgehead atoms. The SMILES string of the molecule is CC(C)(C)OC(=O)NC1(c2ccc(C3NC(O)C(C#N)CC3c3ccccc3)cc2)CCC1. The highest BCUT2D eigenvalue weighted by atomic mass is 16.6. The van der Waals surface area contributed by atoms with E-state index in [1.54, 1.807) is 0 Å². The summed E-state index contributed by atoms with van der Waals surface area (Å²) in [5.41, 5.74) is 2.32. The molecule has 1 amide bonds. The topological polar surface area (TPSA) is 94.4 Å². The Hall–Kier alpha value is -2.88. The number of nitrogens with zero attached hydrogens (tertiary/aromatic N) is 1. The van der Waals surface area contributed by atoms with Gasteiger partial charge in [0.2, 0.25) is 0 Å². The van der Waals surface area contributed by atoms with E-state index in [1.807, 2.05) is 39.0 Å². The highest BCUT2D eigenvalue weighted by Crippen LogP contribution is 2.44. The molecule has 2 aromatic rings. The van der Waals surface area contributed by atoms with Crippen LogP contribution in [0.15, 0.2) is 54.6 Å². The molecule has 0 radical (unpaired) electrons. The van der Waals surface area contributed by atoms with E-state index in [4.69, 9.17) is 4.74 Å². The zero-order valence-corrected chi connectivity index (χ0v) is 19.5. The van der Waals surface area contributed by atoms with Crippen LogP contribution in [0, 0.1) is 17.2 Å². The highest BCUT2D eigenvalue weighted by Gasteiger charge is 2.42. The molecule has 1 aliphatic carbocycles. The maximum Gasteiger partial charge on any atom is 0.408 e. The quantitative estimate of drug-likeness (QED) is 0.622. The first-order valence-electron chi connectivity index (χ1n) is 11.7. The van der Waals surface area contributed by atoms with Crippen molar-refractivity contribution in [1.82, 2.24) is 10.6 Å². The number of hydrogen-bond donors (Lipinski definition) is 3. The molecule has 3 N–H and O–H groups in total. The van der Waals surface area contributed by atoms with Gasteiger partial charge in [-0.1, -0.05) is 54.6 Å². The van der Waals surface area contributed by atoms with Crippen molar-refractivity contribution >= 4 is 6.09 Å². The third-order valence-corrected chi connectivity index (χ3v) is 6.80. The number of nitrogens with one attached hydrogen (secondary N) is 2. The molecule has 4 atom stereocenters. The maximum absolute atomic E-state index is 12.5. The number of ether oxygens (including phenoxy) is 1. The number of piperidine rings is 1. The zero-order chi connectivity index (χ0) is 23.6. The number of benzene rings is 2. The van der Waals surface area contributed by atoms with Crippen LogP contribution in [0.5, 0.6) is 0 Å². The summed E-state index contributed by atoms with van der Waals surface area (Å²) in [5.74, 6) is -0.385. The third kappa shape index (κ3) is 5.05. The number of aliphatic hydroxyl groups is 1. The van der Waals surface area contributed by atoms with Crippen molar-refractivity contribution in [3.8, 4) is 6.07 Å². The van der Waals surface area contributed by atoms with E-state index in [0.717, 1.165) is 36.0 Å². The lowest BCUT2D eigenvalue weighted by atomic mass is 9.71. The minimum absolute atomic E-state index is 0.0719. The molecule has 6 heteroatoms. The van der Waals surface area contributed by atoms with Crippen LogP contribution in [-0.2, 0) is 10.3 Å². The van der Waals surface area contributed by atoms with Crippen molar-refractivity contribution in [2.75, 3.05) is 0 Å². The first-order valence-corrected chi connectivity index (χ1v) is 11.7. The molecule has 4 rings (SSSR count).